The van der Waals surface area contributed by atoms with E-state index in [4.69, 9.17) is 0 Å². The summed E-state index contributed by atoms with van der Waals surface area (Å²) in [5, 5.41) is 11.1. The molecule has 1 aliphatic heterocycles. The number of likely N-dealkylation sites (tertiary alicyclic amines) is 1. The van der Waals surface area contributed by atoms with Gasteiger partial charge in [0.25, 0.3) is 11.6 Å². The second-order valence-electron chi connectivity index (χ2n) is 4.99. The maximum absolute atomic E-state index is 12.5. The zero-order valence-corrected chi connectivity index (χ0v) is 12.5. The number of hydrogen-bond acceptors (Lipinski definition) is 4. The Morgan fingerprint density at radius 1 is 1.45 bits per heavy atom. The molecular formula is C14H18N2O3S. The lowest BCUT2D eigenvalue weighted by Crippen LogP contribution is -2.42. The van der Waals surface area contributed by atoms with E-state index < -0.39 is 4.92 Å². The average Bonchev–Trinajstić information content (AvgIpc) is 2.46. The standard InChI is InChI=1S/C14H18N2O3S/c1-10-5-3-4-8-15(10)14(17)11-6-7-13(20-2)12(9-11)16(18)19/h6-7,9-10H,3-5,8H2,1-2H3/t10-/m1/s1. The molecule has 2 rings (SSSR count). The number of piperidine rings is 1. The number of carbonyl (C=O) groups is 1. The predicted octanol–water partition coefficient (Wildman–Crippen LogP) is 3.33. The number of nitro groups is 1. The van der Waals surface area contributed by atoms with Gasteiger partial charge in [-0.2, -0.15) is 0 Å². The Bertz CT molecular complexity index is 533. The fourth-order valence-corrected chi connectivity index (χ4v) is 3.08. The molecule has 0 radical (unpaired) electrons. The van der Waals surface area contributed by atoms with E-state index in [-0.39, 0.29) is 17.6 Å². The van der Waals surface area contributed by atoms with Crippen molar-refractivity contribution in [1.29, 1.82) is 0 Å². The van der Waals surface area contributed by atoms with Gasteiger partial charge in [0, 0.05) is 24.2 Å². The molecule has 1 aromatic rings. The lowest BCUT2D eigenvalue weighted by Gasteiger charge is -2.33. The van der Waals surface area contributed by atoms with E-state index in [0.29, 0.717) is 10.5 Å². The molecule has 0 aliphatic carbocycles. The molecule has 0 aromatic heterocycles. The summed E-state index contributed by atoms with van der Waals surface area (Å²) in [6, 6.07) is 4.94. The molecule has 1 atom stereocenters. The lowest BCUT2D eigenvalue weighted by molar-refractivity contribution is -0.387. The minimum atomic E-state index is -0.428. The number of hydrogen-bond donors (Lipinski definition) is 0. The number of amides is 1. The number of nitro benzene ring substituents is 1. The van der Waals surface area contributed by atoms with Gasteiger partial charge in [-0.25, -0.2) is 0 Å². The van der Waals surface area contributed by atoms with Gasteiger partial charge in [-0.3, -0.25) is 14.9 Å². The Kier molecular flexibility index (Phi) is 4.65. The molecule has 0 bridgehead atoms. The van der Waals surface area contributed by atoms with Gasteiger partial charge in [0.2, 0.25) is 0 Å². The minimum absolute atomic E-state index is 0.00742. The van der Waals surface area contributed by atoms with Crippen LogP contribution in [0.5, 0.6) is 0 Å². The van der Waals surface area contributed by atoms with Crippen LogP contribution in [0.25, 0.3) is 0 Å². The van der Waals surface area contributed by atoms with Crippen molar-refractivity contribution in [2.75, 3.05) is 12.8 Å². The lowest BCUT2D eigenvalue weighted by atomic mass is 10.0. The van der Waals surface area contributed by atoms with Crippen LogP contribution in [0.15, 0.2) is 23.1 Å². The molecule has 108 valence electrons. The molecule has 0 spiro atoms. The highest BCUT2D eigenvalue weighted by atomic mass is 32.2. The quantitative estimate of drug-likeness (QED) is 0.487. The Labute approximate surface area is 122 Å². The third-order valence-electron chi connectivity index (χ3n) is 3.69. The second kappa shape index (κ2) is 6.26. The van der Waals surface area contributed by atoms with E-state index in [0.717, 1.165) is 25.8 Å². The molecule has 6 heteroatoms. The van der Waals surface area contributed by atoms with Gasteiger partial charge in [0.1, 0.15) is 0 Å². The first-order valence-corrected chi connectivity index (χ1v) is 7.90. The topological polar surface area (TPSA) is 63.5 Å². The fourth-order valence-electron chi connectivity index (χ4n) is 2.53. The molecule has 1 saturated heterocycles. The Morgan fingerprint density at radius 2 is 2.20 bits per heavy atom. The molecule has 5 nitrogen and oxygen atoms in total. The van der Waals surface area contributed by atoms with Crippen LogP contribution >= 0.6 is 11.8 Å². The molecule has 20 heavy (non-hydrogen) atoms. The summed E-state index contributed by atoms with van der Waals surface area (Å²) < 4.78 is 0. The van der Waals surface area contributed by atoms with E-state index in [2.05, 4.69) is 0 Å². The van der Waals surface area contributed by atoms with Crippen LogP contribution in [0.2, 0.25) is 0 Å². The first-order valence-electron chi connectivity index (χ1n) is 6.68. The van der Waals surface area contributed by atoms with Gasteiger partial charge < -0.3 is 4.90 Å². The van der Waals surface area contributed by atoms with Gasteiger partial charge in [0.05, 0.1) is 9.82 Å². The number of thioether (sulfide) groups is 1. The van der Waals surface area contributed by atoms with E-state index in [1.165, 1.54) is 17.8 Å². The molecule has 0 N–H and O–H groups in total. The third-order valence-corrected chi connectivity index (χ3v) is 4.47. The van der Waals surface area contributed by atoms with Crippen molar-refractivity contribution in [2.45, 2.75) is 37.1 Å². The van der Waals surface area contributed by atoms with Gasteiger partial charge in [0.15, 0.2) is 0 Å². The highest BCUT2D eigenvalue weighted by Gasteiger charge is 2.26. The Balaban J connectivity index is 2.30. The molecule has 1 fully saturated rings. The SMILES string of the molecule is CSc1ccc(C(=O)N2CCCC[C@H]2C)cc1[N+](=O)[O-]. The fraction of sp³-hybridized carbons (Fsp3) is 0.500. The van der Waals surface area contributed by atoms with Crippen molar-refractivity contribution >= 4 is 23.4 Å². The maximum atomic E-state index is 12.5. The largest absolute Gasteiger partial charge is 0.336 e. The summed E-state index contributed by atoms with van der Waals surface area (Å²) >= 11 is 1.31. The van der Waals surface area contributed by atoms with E-state index in [1.807, 2.05) is 11.8 Å². The number of carbonyl (C=O) groups excluding carboxylic acids is 1. The minimum Gasteiger partial charge on any atom is -0.336 e. The van der Waals surface area contributed by atoms with Crippen LogP contribution in [-0.2, 0) is 0 Å². The molecule has 1 amide bonds. The Hall–Kier alpha value is -1.56. The molecule has 0 saturated carbocycles. The van der Waals surface area contributed by atoms with Gasteiger partial charge in [-0.1, -0.05) is 0 Å². The third kappa shape index (κ3) is 2.95. The zero-order valence-electron chi connectivity index (χ0n) is 11.7. The molecule has 1 aromatic carbocycles. The van der Waals surface area contributed by atoms with Crippen LogP contribution < -0.4 is 0 Å². The monoisotopic (exact) mass is 294 g/mol. The van der Waals surface area contributed by atoms with E-state index >= 15 is 0 Å². The number of benzene rings is 1. The van der Waals surface area contributed by atoms with Crippen molar-refractivity contribution in [3.63, 3.8) is 0 Å². The molecule has 0 unspecified atom stereocenters. The van der Waals surface area contributed by atoms with Gasteiger partial charge in [-0.15, -0.1) is 11.8 Å². The molecule has 1 aliphatic rings. The van der Waals surface area contributed by atoms with Crippen LogP contribution in [0.4, 0.5) is 5.69 Å². The second-order valence-corrected chi connectivity index (χ2v) is 5.84. The van der Waals surface area contributed by atoms with Crippen LogP contribution in [0.3, 0.4) is 0 Å². The van der Waals surface area contributed by atoms with Crippen molar-refractivity contribution in [2.24, 2.45) is 0 Å². The maximum Gasteiger partial charge on any atom is 0.283 e. The van der Waals surface area contributed by atoms with Crippen molar-refractivity contribution in [3.8, 4) is 0 Å². The highest BCUT2D eigenvalue weighted by molar-refractivity contribution is 7.98. The Morgan fingerprint density at radius 3 is 2.80 bits per heavy atom. The van der Waals surface area contributed by atoms with E-state index in [1.54, 1.807) is 18.4 Å². The van der Waals surface area contributed by atoms with Gasteiger partial charge >= 0.3 is 0 Å². The molecular weight excluding hydrogens is 276 g/mol. The zero-order chi connectivity index (χ0) is 14.7. The van der Waals surface area contributed by atoms with E-state index in [9.17, 15) is 14.9 Å². The molecule has 1 heterocycles. The summed E-state index contributed by atoms with van der Waals surface area (Å²) in [5.74, 6) is -0.104. The normalized spacial score (nSPS) is 18.9. The first kappa shape index (κ1) is 14.8. The van der Waals surface area contributed by atoms with Crippen molar-refractivity contribution in [1.82, 2.24) is 4.90 Å². The van der Waals surface area contributed by atoms with Crippen LogP contribution in [0.1, 0.15) is 36.5 Å². The number of nitrogens with zero attached hydrogens (tertiary/aromatic N) is 2. The summed E-state index contributed by atoms with van der Waals surface area (Å²) in [4.78, 5) is 25.5. The summed E-state index contributed by atoms with van der Waals surface area (Å²) in [6.45, 7) is 2.76. The summed E-state index contributed by atoms with van der Waals surface area (Å²) in [6.07, 6.45) is 4.92. The number of rotatable bonds is 3. The van der Waals surface area contributed by atoms with Crippen molar-refractivity contribution in [3.05, 3.63) is 33.9 Å². The summed E-state index contributed by atoms with van der Waals surface area (Å²) in [5.41, 5.74) is 0.413. The average molecular weight is 294 g/mol. The van der Waals surface area contributed by atoms with Gasteiger partial charge in [-0.05, 0) is 44.6 Å². The smallest absolute Gasteiger partial charge is 0.283 e. The summed E-state index contributed by atoms with van der Waals surface area (Å²) in [7, 11) is 0. The van der Waals surface area contributed by atoms with Crippen LogP contribution in [-0.4, -0.2) is 34.6 Å². The predicted molar refractivity (Wildman–Crippen MR) is 79.2 cm³/mol. The first-order chi connectivity index (χ1) is 9.54. The van der Waals surface area contributed by atoms with Crippen LogP contribution in [0, 0.1) is 10.1 Å². The van der Waals surface area contributed by atoms with Crippen molar-refractivity contribution < 1.29 is 9.72 Å². The highest BCUT2D eigenvalue weighted by Crippen LogP contribution is 2.29.